The van der Waals surface area contributed by atoms with E-state index >= 15 is 0 Å². The van der Waals surface area contributed by atoms with Crippen LogP contribution in [-0.2, 0) is 13.6 Å². The minimum Gasteiger partial charge on any atom is -0.326 e. The van der Waals surface area contributed by atoms with Crippen LogP contribution in [0.1, 0.15) is 5.56 Å². The van der Waals surface area contributed by atoms with Crippen LogP contribution in [0.3, 0.4) is 0 Å². The molecule has 1 heterocycles. The summed E-state index contributed by atoms with van der Waals surface area (Å²) >= 11 is 0. The summed E-state index contributed by atoms with van der Waals surface area (Å²) in [7, 11) is 1.73. The number of nitrogens with two attached hydrogens (primary N) is 1. The van der Waals surface area contributed by atoms with Gasteiger partial charge in [-0.15, -0.1) is 0 Å². The van der Waals surface area contributed by atoms with Gasteiger partial charge in [-0.1, -0.05) is 12.1 Å². The molecule has 2 rings (SSSR count). The Hall–Kier alpha value is -1.81. The molecule has 0 atom stereocenters. The minimum absolute atomic E-state index is 0.0458. The van der Waals surface area contributed by atoms with Crippen LogP contribution in [0.15, 0.2) is 41.5 Å². The topological polar surface area (TPSA) is 52.9 Å². The monoisotopic (exact) mass is 203 g/mol. The fourth-order valence-electron chi connectivity index (χ4n) is 1.45. The molecule has 2 N–H and O–H groups in total. The molecule has 0 unspecified atom stereocenters. The van der Waals surface area contributed by atoms with E-state index in [0.717, 1.165) is 11.3 Å². The first kappa shape index (κ1) is 9.73. The van der Waals surface area contributed by atoms with Gasteiger partial charge in [0.25, 0.3) is 0 Å². The van der Waals surface area contributed by atoms with E-state index in [1.54, 1.807) is 24.0 Å². The molecule has 1 aromatic carbocycles. The van der Waals surface area contributed by atoms with Crippen molar-refractivity contribution in [2.24, 2.45) is 12.8 Å². The lowest BCUT2D eigenvalue weighted by atomic mass is 10.2. The van der Waals surface area contributed by atoms with Gasteiger partial charge < -0.3 is 10.3 Å². The average molecular weight is 203 g/mol. The molecule has 0 aliphatic carbocycles. The van der Waals surface area contributed by atoms with Gasteiger partial charge in [0.1, 0.15) is 0 Å². The number of rotatable bonds is 2. The van der Waals surface area contributed by atoms with Crippen molar-refractivity contribution in [2.45, 2.75) is 6.54 Å². The Balaban J connectivity index is 2.46. The zero-order valence-corrected chi connectivity index (χ0v) is 8.55. The third-order valence-corrected chi connectivity index (χ3v) is 2.40. The zero-order valence-electron chi connectivity index (χ0n) is 8.55. The highest BCUT2D eigenvalue weighted by molar-refractivity contribution is 5.34. The standard InChI is InChI=1S/C11H13N3O/c1-13-6-7-14(11(13)15)10-4-2-9(8-12)3-5-10/h2-7H,8,12H2,1H3. The molecule has 15 heavy (non-hydrogen) atoms. The molecule has 0 fully saturated rings. The molecular formula is C11H13N3O. The molecule has 0 saturated heterocycles. The quantitative estimate of drug-likeness (QED) is 0.778. The number of nitrogens with zero attached hydrogens (tertiary/aromatic N) is 2. The van der Waals surface area contributed by atoms with Crippen molar-refractivity contribution in [3.63, 3.8) is 0 Å². The van der Waals surface area contributed by atoms with Crippen LogP contribution in [0.2, 0.25) is 0 Å². The summed E-state index contributed by atoms with van der Waals surface area (Å²) in [6, 6.07) is 7.64. The molecule has 0 bridgehead atoms. The Bertz CT molecular complexity index is 507. The van der Waals surface area contributed by atoms with Crippen molar-refractivity contribution < 1.29 is 0 Å². The maximum atomic E-state index is 11.6. The van der Waals surface area contributed by atoms with Gasteiger partial charge in [-0.25, -0.2) is 4.79 Å². The van der Waals surface area contributed by atoms with Crippen LogP contribution in [0, 0.1) is 0 Å². The Kier molecular flexibility index (Phi) is 2.43. The van der Waals surface area contributed by atoms with E-state index in [1.807, 2.05) is 24.3 Å². The molecule has 2 aromatic rings. The second-order valence-electron chi connectivity index (χ2n) is 3.43. The van der Waals surface area contributed by atoms with Crippen LogP contribution in [0.25, 0.3) is 5.69 Å². The van der Waals surface area contributed by atoms with Crippen LogP contribution >= 0.6 is 0 Å². The Labute approximate surface area is 87.6 Å². The van der Waals surface area contributed by atoms with Gasteiger partial charge >= 0.3 is 5.69 Å². The number of benzene rings is 1. The van der Waals surface area contributed by atoms with E-state index in [9.17, 15) is 4.79 Å². The van der Waals surface area contributed by atoms with Crippen molar-refractivity contribution in [1.82, 2.24) is 9.13 Å². The van der Waals surface area contributed by atoms with Crippen molar-refractivity contribution in [3.8, 4) is 5.69 Å². The first-order valence-corrected chi connectivity index (χ1v) is 4.76. The number of imidazole rings is 1. The minimum atomic E-state index is -0.0458. The fraction of sp³-hybridized carbons (Fsp3) is 0.182. The predicted molar refractivity (Wildman–Crippen MR) is 58.9 cm³/mol. The molecule has 0 aliphatic heterocycles. The lowest BCUT2D eigenvalue weighted by molar-refractivity contribution is 0.823. The molecule has 4 heteroatoms. The molecule has 78 valence electrons. The van der Waals surface area contributed by atoms with Crippen molar-refractivity contribution >= 4 is 0 Å². The highest BCUT2D eigenvalue weighted by Gasteiger charge is 2.01. The van der Waals surface area contributed by atoms with Gasteiger partial charge in [0.2, 0.25) is 0 Å². The predicted octanol–water partition coefficient (Wildman–Crippen LogP) is 0.635. The van der Waals surface area contributed by atoms with Crippen molar-refractivity contribution in [1.29, 1.82) is 0 Å². The molecule has 4 nitrogen and oxygen atoms in total. The Morgan fingerprint density at radius 1 is 1.20 bits per heavy atom. The molecule has 0 saturated carbocycles. The summed E-state index contributed by atoms with van der Waals surface area (Å²) in [4.78, 5) is 11.6. The molecule has 1 aromatic heterocycles. The second-order valence-corrected chi connectivity index (χ2v) is 3.43. The third kappa shape index (κ3) is 1.71. The highest BCUT2D eigenvalue weighted by Crippen LogP contribution is 2.07. The van der Waals surface area contributed by atoms with E-state index in [-0.39, 0.29) is 5.69 Å². The smallest absolute Gasteiger partial charge is 0.326 e. The largest absolute Gasteiger partial charge is 0.332 e. The first-order valence-electron chi connectivity index (χ1n) is 4.76. The van der Waals surface area contributed by atoms with Crippen molar-refractivity contribution in [3.05, 3.63) is 52.7 Å². The van der Waals surface area contributed by atoms with E-state index in [4.69, 9.17) is 5.73 Å². The van der Waals surface area contributed by atoms with E-state index < -0.39 is 0 Å². The zero-order chi connectivity index (χ0) is 10.8. The maximum Gasteiger partial charge on any atom is 0.332 e. The number of aryl methyl sites for hydroxylation is 1. The second kappa shape index (κ2) is 3.74. The SMILES string of the molecule is Cn1ccn(-c2ccc(CN)cc2)c1=O. The van der Waals surface area contributed by atoms with Gasteiger partial charge in [-0.3, -0.25) is 4.57 Å². The van der Waals surface area contributed by atoms with Crippen molar-refractivity contribution in [2.75, 3.05) is 0 Å². The number of hydrogen-bond donors (Lipinski definition) is 1. The summed E-state index contributed by atoms with van der Waals surface area (Å²) < 4.78 is 3.14. The lowest BCUT2D eigenvalue weighted by Crippen LogP contribution is -2.20. The first-order chi connectivity index (χ1) is 7.22. The van der Waals surface area contributed by atoms with Crippen LogP contribution in [0.4, 0.5) is 0 Å². The Morgan fingerprint density at radius 2 is 1.87 bits per heavy atom. The normalized spacial score (nSPS) is 10.5. The van der Waals surface area contributed by atoms with E-state index in [1.165, 1.54) is 4.57 Å². The maximum absolute atomic E-state index is 11.6. The number of aromatic nitrogens is 2. The summed E-state index contributed by atoms with van der Waals surface area (Å²) in [5.41, 5.74) is 7.37. The highest BCUT2D eigenvalue weighted by atomic mass is 16.1. The molecule has 0 amide bonds. The number of hydrogen-bond acceptors (Lipinski definition) is 2. The van der Waals surface area contributed by atoms with E-state index in [0.29, 0.717) is 6.54 Å². The fourth-order valence-corrected chi connectivity index (χ4v) is 1.45. The van der Waals surface area contributed by atoms with Crippen LogP contribution in [0.5, 0.6) is 0 Å². The van der Waals surface area contributed by atoms with Gasteiger partial charge in [0.05, 0.1) is 5.69 Å². The van der Waals surface area contributed by atoms with Gasteiger partial charge in [-0.05, 0) is 17.7 Å². The summed E-state index contributed by atoms with van der Waals surface area (Å²) in [6.45, 7) is 0.518. The molecule has 0 aliphatic rings. The van der Waals surface area contributed by atoms with Gasteiger partial charge in [-0.2, -0.15) is 0 Å². The summed E-state index contributed by atoms with van der Waals surface area (Å²) in [5.74, 6) is 0. The van der Waals surface area contributed by atoms with Crippen LogP contribution in [-0.4, -0.2) is 9.13 Å². The molecule has 0 spiro atoms. The lowest BCUT2D eigenvalue weighted by Gasteiger charge is -2.02. The van der Waals surface area contributed by atoms with Crippen LogP contribution < -0.4 is 11.4 Å². The summed E-state index contributed by atoms with van der Waals surface area (Å²) in [6.07, 6.45) is 3.49. The molecular weight excluding hydrogens is 190 g/mol. The summed E-state index contributed by atoms with van der Waals surface area (Å²) in [5, 5.41) is 0. The third-order valence-electron chi connectivity index (χ3n) is 2.40. The van der Waals surface area contributed by atoms with Gasteiger partial charge in [0, 0.05) is 26.0 Å². The molecule has 0 radical (unpaired) electrons. The van der Waals surface area contributed by atoms with E-state index in [2.05, 4.69) is 0 Å². The van der Waals surface area contributed by atoms with Gasteiger partial charge in [0.15, 0.2) is 0 Å². The average Bonchev–Trinajstić information content (AvgIpc) is 2.60. The Morgan fingerprint density at radius 3 is 2.33 bits per heavy atom.